The van der Waals surface area contributed by atoms with Crippen LogP contribution in [0.1, 0.15) is 27.2 Å². The zero-order valence-corrected chi connectivity index (χ0v) is 10.9. The van der Waals surface area contributed by atoms with Crippen LogP contribution in [-0.4, -0.2) is 24.8 Å². The molecule has 0 unspecified atom stereocenters. The lowest BCUT2D eigenvalue weighted by Crippen LogP contribution is -2.09. The minimum Gasteiger partial charge on any atom is -0.466 e. The molecule has 0 saturated carbocycles. The van der Waals surface area contributed by atoms with Gasteiger partial charge in [0.2, 0.25) is 0 Å². The molecule has 0 N–H and O–H groups in total. The van der Waals surface area contributed by atoms with Crippen LogP contribution in [0.25, 0.3) is 0 Å². The second kappa shape index (κ2) is 9.58. The Bertz CT molecular complexity index is 338. The van der Waals surface area contributed by atoms with Crippen LogP contribution in [0.5, 0.6) is 0 Å². The first-order chi connectivity index (χ1) is 8.13. The van der Waals surface area contributed by atoms with Crippen LogP contribution in [-0.2, 0) is 9.53 Å². The third-order valence-electron chi connectivity index (χ3n) is 2.05. The van der Waals surface area contributed by atoms with Crippen LogP contribution in [0.2, 0.25) is 0 Å². The molecule has 0 bridgehead atoms. The van der Waals surface area contributed by atoms with Crippen molar-refractivity contribution in [2.24, 2.45) is 4.99 Å². The van der Waals surface area contributed by atoms with Crippen LogP contribution >= 0.6 is 0 Å². The van der Waals surface area contributed by atoms with Crippen molar-refractivity contribution >= 4 is 11.7 Å². The number of hydrogen-bond acceptors (Lipinski definition) is 3. The Hall–Kier alpha value is -1.64. The van der Waals surface area contributed by atoms with Gasteiger partial charge in [-0.15, -0.1) is 0 Å². The summed E-state index contributed by atoms with van der Waals surface area (Å²) in [7, 11) is 0. The average molecular weight is 235 g/mol. The Morgan fingerprint density at radius 3 is 2.71 bits per heavy atom. The fourth-order valence-corrected chi connectivity index (χ4v) is 1.13. The minimum absolute atomic E-state index is 0.225. The van der Waals surface area contributed by atoms with Gasteiger partial charge in [0, 0.05) is 5.71 Å². The Morgan fingerprint density at radius 2 is 2.18 bits per heavy atom. The molecular formula is C14H21NO2. The third kappa shape index (κ3) is 8.20. The molecule has 0 aliphatic carbocycles. The number of carbonyl (C=O) groups is 1. The number of rotatable bonds is 7. The van der Waals surface area contributed by atoms with Gasteiger partial charge in [0.15, 0.2) is 0 Å². The normalized spacial score (nSPS) is 12.9. The second-order valence-corrected chi connectivity index (χ2v) is 3.49. The molecule has 3 nitrogen and oxygen atoms in total. The van der Waals surface area contributed by atoms with Gasteiger partial charge in [0.25, 0.3) is 0 Å². The predicted molar refractivity (Wildman–Crippen MR) is 72.3 cm³/mol. The van der Waals surface area contributed by atoms with E-state index in [0.29, 0.717) is 13.2 Å². The first-order valence-electron chi connectivity index (χ1n) is 5.73. The lowest BCUT2D eigenvalue weighted by molar-refractivity contribution is -0.141. The smallest absolute Gasteiger partial charge is 0.311 e. The molecule has 0 aliphatic heterocycles. The number of aliphatic imine (C=N–C) groups is 1. The second-order valence-electron chi connectivity index (χ2n) is 3.49. The van der Waals surface area contributed by atoms with Gasteiger partial charge in [-0.2, -0.15) is 0 Å². The van der Waals surface area contributed by atoms with E-state index in [1.165, 1.54) is 0 Å². The van der Waals surface area contributed by atoms with E-state index in [1.54, 1.807) is 13.0 Å². The summed E-state index contributed by atoms with van der Waals surface area (Å²) in [5.74, 6) is -0.225. The van der Waals surface area contributed by atoms with Crippen LogP contribution < -0.4 is 0 Å². The van der Waals surface area contributed by atoms with Crippen molar-refractivity contribution in [3.8, 4) is 0 Å². The van der Waals surface area contributed by atoms with E-state index in [4.69, 9.17) is 4.74 Å². The van der Waals surface area contributed by atoms with Crippen molar-refractivity contribution in [1.29, 1.82) is 0 Å². The van der Waals surface area contributed by atoms with Crippen LogP contribution in [0.4, 0.5) is 0 Å². The summed E-state index contributed by atoms with van der Waals surface area (Å²) in [5, 5.41) is 0. The van der Waals surface area contributed by atoms with Gasteiger partial charge < -0.3 is 4.74 Å². The summed E-state index contributed by atoms with van der Waals surface area (Å²) in [6.07, 6.45) is 7.79. The van der Waals surface area contributed by atoms with Crippen molar-refractivity contribution < 1.29 is 9.53 Å². The summed E-state index contributed by atoms with van der Waals surface area (Å²) in [6.45, 7) is 10.2. The van der Waals surface area contributed by atoms with Crippen molar-refractivity contribution in [3.63, 3.8) is 0 Å². The molecule has 3 heteroatoms. The van der Waals surface area contributed by atoms with Crippen molar-refractivity contribution in [2.75, 3.05) is 13.2 Å². The first kappa shape index (κ1) is 15.4. The molecule has 0 saturated heterocycles. The monoisotopic (exact) mass is 235 g/mol. The average Bonchev–Trinajstić information content (AvgIpc) is 2.29. The molecule has 0 fully saturated rings. The van der Waals surface area contributed by atoms with Gasteiger partial charge in [-0.1, -0.05) is 30.9 Å². The molecule has 0 aliphatic rings. The standard InChI is InChI=1S/C14H21NO2/c1-5-8-9-13(6-2)11-15-12(4)10-14(16)17-7-3/h5-6,8-9H,1,7,10-11H2,2-4H3/b9-8-,13-6+,15-12?. The van der Waals surface area contributed by atoms with Gasteiger partial charge in [-0.3, -0.25) is 9.79 Å². The lowest BCUT2D eigenvalue weighted by atomic mass is 10.2. The van der Waals surface area contributed by atoms with Gasteiger partial charge in [0.1, 0.15) is 0 Å². The van der Waals surface area contributed by atoms with Gasteiger partial charge in [-0.25, -0.2) is 0 Å². The Kier molecular flexibility index (Phi) is 8.65. The number of esters is 1. The molecule has 0 radical (unpaired) electrons. The van der Waals surface area contributed by atoms with Gasteiger partial charge >= 0.3 is 5.97 Å². The maximum Gasteiger partial charge on any atom is 0.311 e. The number of nitrogens with zero attached hydrogens (tertiary/aromatic N) is 1. The van der Waals surface area contributed by atoms with E-state index in [2.05, 4.69) is 11.6 Å². The maximum atomic E-state index is 11.2. The van der Waals surface area contributed by atoms with E-state index < -0.39 is 0 Å². The highest BCUT2D eigenvalue weighted by molar-refractivity contribution is 5.97. The molecule has 17 heavy (non-hydrogen) atoms. The van der Waals surface area contributed by atoms with Gasteiger partial charge in [-0.05, 0) is 26.3 Å². The molecule has 0 rings (SSSR count). The predicted octanol–water partition coefficient (Wildman–Crippen LogP) is 3.09. The van der Waals surface area contributed by atoms with Gasteiger partial charge in [0.05, 0.1) is 19.6 Å². The highest BCUT2D eigenvalue weighted by Crippen LogP contribution is 2.00. The largest absolute Gasteiger partial charge is 0.466 e. The summed E-state index contributed by atoms with van der Waals surface area (Å²) in [5.41, 5.74) is 1.88. The zero-order valence-electron chi connectivity index (χ0n) is 10.9. The molecule has 0 amide bonds. The van der Waals surface area contributed by atoms with E-state index in [1.807, 2.05) is 32.1 Å². The van der Waals surface area contributed by atoms with Crippen molar-refractivity contribution in [3.05, 3.63) is 36.5 Å². The topological polar surface area (TPSA) is 38.7 Å². The molecule has 0 spiro atoms. The van der Waals surface area contributed by atoms with E-state index in [-0.39, 0.29) is 12.4 Å². The number of hydrogen-bond donors (Lipinski definition) is 0. The number of carbonyl (C=O) groups excluding carboxylic acids is 1. The minimum atomic E-state index is -0.225. The third-order valence-corrected chi connectivity index (χ3v) is 2.05. The summed E-state index contributed by atoms with van der Waals surface area (Å²) in [6, 6.07) is 0. The van der Waals surface area contributed by atoms with E-state index >= 15 is 0 Å². The SMILES string of the molecule is C=C/C=C\C(=C/C)CN=C(C)CC(=O)OCC. The van der Waals surface area contributed by atoms with E-state index in [9.17, 15) is 4.79 Å². The summed E-state index contributed by atoms with van der Waals surface area (Å²) < 4.78 is 4.85. The molecule has 94 valence electrons. The molecule has 0 aromatic heterocycles. The fraction of sp³-hybridized carbons (Fsp3) is 0.429. The Morgan fingerprint density at radius 1 is 1.47 bits per heavy atom. The van der Waals surface area contributed by atoms with Crippen LogP contribution in [0.15, 0.2) is 41.4 Å². The lowest BCUT2D eigenvalue weighted by Gasteiger charge is -2.02. The first-order valence-corrected chi connectivity index (χ1v) is 5.73. The highest BCUT2D eigenvalue weighted by atomic mass is 16.5. The molecule has 0 heterocycles. The van der Waals surface area contributed by atoms with E-state index in [0.717, 1.165) is 11.3 Å². The van der Waals surface area contributed by atoms with Crippen molar-refractivity contribution in [2.45, 2.75) is 27.2 Å². The fourth-order valence-electron chi connectivity index (χ4n) is 1.13. The summed E-state index contributed by atoms with van der Waals surface area (Å²) >= 11 is 0. The summed E-state index contributed by atoms with van der Waals surface area (Å²) in [4.78, 5) is 15.5. The van der Waals surface area contributed by atoms with Crippen molar-refractivity contribution in [1.82, 2.24) is 0 Å². The van der Waals surface area contributed by atoms with Crippen LogP contribution in [0.3, 0.4) is 0 Å². The Labute approximate surface area is 104 Å². The maximum absolute atomic E-state index is 11.2. The Balaban J connectivity index is 4.25. The molecule has 0 atom stereocenters. The highest BCUT2D eigenvalue weighted by Gasteiger charge is 2.03. The molecule has 0 aromatic rings. The van der Waals surface area contributed by atoms with Crippen LogP contribution in [0, 0.1) is 0 Å². The number of ether oxygens (including phenoxy) is 1. The zero-order chi connectivity index (χ0) is 13.1. The quantitative estimate of drug-likeness (QED) is 0.386. The number of allylic oxidation sites excluding steroid dienone is 3. The molecular weight excluding hydrogens is 214 g/mol. The molecule has 0 aromatic carbocycles.